The lowest BCUT2D eigenvalue weighted by atomic mass is 9.90. The van der Waals surface area contributed by atoms with Crippen molar-refractivity contribution in [1.82, 2.24) is 10.1 Å². The molecule has 0 saturated carbocycles. The van der Waals surface area contributed by atoms with Crippen molar-refractivity contribution in [3.8, 4) is 0 Å². The molecule has 0 bridgehead atoms. The van der Waals surface area contributed by atoms with E-state index in [1.165, 1.54) is 4.90 Å². The summed E-state index contributed by atoms with van der Waals surface area (Å²) in [5.74, 6) is -3.00. The normalized spacial score (nSPS) is 15.5. The summed E-state index contributed by atoms with van der Waals surface area (Å²) in [7, 11) is -0.728. The van der Waals surface area contributed by atoms with Crippen molar-refractivity contribution in [2.75, 3.05) is 19.0 Å². The standard InChI is InChI=1S/C25H27F2N3O5Si/c1-34-13-14-5-6-17-15(9-14)7-8-30(25(33)20-12-21(31)29-35-20)22(17)24(32)28-16-10-18(26)23(19(27)11-16)36(2,3)4/h5-6,9-12,22H,7-8,13H2,1-4H3,(H,28,32)(H,29,31)/t22-/m1/s1. The van der Waals surface area contributed by atoms with E-state index in [0.717, 1.165) is 29.3 Å². The number of H-pyrrole nitrogens is 1. The van der Waals surface area contributed by atoms with E-state index in [-0.39, 0.29) is 23.2 Å². The predicted molar refractivity (Wildman–Crippen MR) is 132 cm³/mol. The molecule has 1 aromatic heterocycles. The molecular weight excluding hydrogens is 488 g/mol. The van der Waals surface area contributed by atoms with Gasteiger partial charge in [-0.1, -0.05) is 37.8 Å². The van der Waals surface area contributed by atoms with Gasteiger partial charge in [-0.25, -0.2) is 8.78 Å². The van der Waals surface area contributed by atoms with Crippen LogP contribution in [0, 0.1) is 11.6 Å². The molecule has 0 unspecified atom stereocenters. The van der Waals surface area contributed by atoms with Crippen molar-refractivity contribution in [3.05, 3.63) is 80.8 Å². The lowest BCUT2D eigenvalue weighted by Gasteiger charge is -2.36. The average Bonchev–Trinajstić information content (AvgIpc) is 3.22. The summed E-state index contributed by atoms with van der Waals surface area (Å²) < 4.78 is 39.8. The van der Waals surface area contributed by atoms with Crippen LogP contribution in [0.5, 0.6) is 0 Å². The summed E-state index contributed by atoms with van der Waals surface area (Å²) >= 11 is 0. The van der Waals surface area contributed by atoms with Crippen LogP contribution in [-0.4, -0.2) is 43.6 Å². The molecule has 8 nitrogen and oxygen atoms in total. The summed E-state index contributed by atoms with van der Waals surface area (Å²) in [5.41, 5.74) is 1.66. The highest BCUT2D eigenvalue weighted by molar-refractivity contribution is 6.88. The van der Waals surface area contributed by atoms with Gasteiger partial charge in [-0.2, -0.15) is 5.16 Å². The maximum atomic E-state index is 14.8. The molecular formula is C25H27F2N3O5Si. The van der Waals surface area contributed by atoms with Gasteiger partial charge in [-0.15, -0.1) is 0 Å². The Morgan fingerprint density at radius 2 is 1.86 bits per heavy atom. The van der Waals surface area contributed by atoms with Gasteiger partial charge in [0.15, 0.2) is 0 Å². The first-order valence-corrected chi connectivity index (χ1v) is 14.9. The van der Waals surface area contributed by atoms with Crippen LogP contribution in [0.1, 0.15) is 33.3 Å². The largest absolute Gasteiger partial charge is 0.380 e. The molecule has 190 valence electrons. The Kier molecular flexibility index (Phi) is 6.96. The van der Waals surface area contributed by atoms with Gasteiger partial charge >= 0.3 is 0 Å². The van der Waals surface area contributed by atoms with E-state index in [4.69, 9.17) is 9.26 Å². The number of fused-ring (bicyclic) bond motifs is 1. The zero-order valence-corrected chi connectivity index (χ0v) is 21.4. The van der Waals surface area contributed by atoms with Crippen molar-refractivity contribution in [2.24, 2.45) is 0 Å². The summed E-state index contributed by atoms with van der Waals surface area (Å²) in [6.45, 7) is 6.01. The number of hydrogen-bond acceptors (Lipinski definition) is 5. The second kappa shape index (κ2) is 9.82. The first kappa shape index (κ1) is 25.5. The van der Waals surface area contributed by atoms with Gasteiger partial charge in [0, 0.05) is 24.5 Å². The lowest BCUT2D eigenvalue weighted by molar-refractivity contribution is -0.121. The van der Waals surface area contributed by atoms with Crippen LogP contribution >= 0.6 is 0 Å². The van der Waals surface area contributed by atoms with E-state index in [2.05, 4.69) is 10.5 Å². The number of ether oxygens (including phenoxy) is 1. The molecule has 1 aliphatic heterocycles. The molecule has 1 atom stereocenters. The van der Waals surface area contributed by atoms with E-state index in [0.29, 0.717) is 18.6 Å². The van der Waals surface area contributed by atoms with E-state index in [9.17, 15) is 23.2 Å². The Labute approximate surface area is 207 Å². The van der Waals surface area contributed by atoms with E-state index >= 15 is 0 Å². The van der Waals surface area contributed by atoms with E-state index in [1.807, 2.05) is 25.7 Å². The third kappa shape index (κ3) is 5.02. The minimum atomic E-state index is -2.30. The second-order valence-corrected chi connectivity index (χ2v) is 14.7. The summed E-state index contributed by atoms with van der Waals surface area (Å²) in [6.07, 6.45) is 0.450. The van der Waals surface area contributed by atoms with Crippen molar-refractivity contribution in [3.63, 3.8) is 0 Å². The number of methoxy groups -OCH3 is 1. The van der Waals surface area contributed by atoms with E-state index < -0.39 is 43.1 Å². The monoisotopic (exact) mass is 515 g/mol. The fourth-order valence-electron chi connectivity index (χ4n) is 4.54. The molecule has 2 amide bonds. The Hall–Kier alpha value is -3.57. The lowest BCUT2D eigenvalue weighted by Crippen LogP contribution is -2.45. The first-order valence-electron chi connectivity index (χ1n) is 11.4. The van der Waals surface area contributed by atoms with E-state index in [1.54, 1.807) is 19.2 Å². The van der Waals surface area contributed by atoms with Crippen molar-refractivity contribution in [2.45, 2.75) is 38.7 Å². The summed E-state index contributed by atoms with van der Waals surface area (Å²) in [6, 6.07) is 7.49. The van der Waals surface area contributed by atoms with Crippen LogP contribution in [0.3, 0.4) is 0 Å². The van der Waals surface area contributed by atoms with Crippen LogP contribution in [-0.2, 0) is 22.6 Å². The maximum absolute atomic E-state index is 14.8. The number of rotatable bonds is 6. The van der Waals surface area contributed by atoms with Gasteiger partial charge in [0.05, 0.1) is 20.7 Å². The highest BCUT2D eigenvalue weighted by atomic mass is 28.3. The molecule has 0 spiro atoms. The van der Waals surface area contributed by atoms with Crippen molar-refractivity contribution < 1.29 is 27.6 Å². The number of aromatic nitrogens is 1. The molecule has 11 heteroatoms. The summed E-state index contributed by atoms with van der Waals surface area (Å²) in [4.78, 5) is 39.5. The number of nitrogens with one attached hydrogen (secondary N) is 2. The molecule has 1 aliphatic rings. The number of carbonyl (C=O) groups is 2. The fourth-order valence-corrected chi connectivity index (χ4v) is 6.12. The topological polar surface area (TPSA) is 105 Å². The van der Waals surface area contributed by atoms with Gasteiger partial charge in [0.25, 0.3) is 17.4 Å². The number of anilines is 1. The Balaban J connectivity index is 1.72. The number of carbonyl (C=O) groups excluding carboxylic acids is 2. The minimum Gasteiger partial charge on any atom is -0.380 e. The molecule has 4 rings (SSSR count). The number of hydrogen-bond donors (Lipinski definition) is 2. The van der Waals surface area contributed by atoms with Crippen LogP contribution in [0.15, 0.2) is 45.7 Å². The third-order valence-electron chi connectivity index (χ3n) is 6.05. The van der Waals surface area contributed by atoms with Crippen LogP contribution in [0.2, 0.25) is 19.6 Å². The Bertz CT molecular complexity index is 1360. The zero-order chi connectivity index (χ0) is 26.2. The van der Waals surface area contributed by atoms with Crippen molar-refractivity contribution >= 4 is 30.8 Å². The highest BCUT2D eigenvalue weighted by Crippen LogP contribution is 2.33. The van der Waals surface area contributed by atoms with Crippen LogP contribution in [0.25, 0.3) is 0 Å². The maximum Gasteiger partial charge on any atom is 0.293 e. The van der Waals surface area contributed by atoms with Crippen molar-refractivity contribution in [1.29, 1.82) is 0 Å². The quantitative estimate of drug-likeness (QED) is 0.490. The van der Waals surface area contributed by atoms with Gasteiger partial charge in [0.1, 0.15) is 17.7 Å². The van der Waals surface area contributed by atoms with Gasteiger partial charge in [-0.3, -0.25) is 14.4 Å². The smallest absolute Gasteiger partial charge is 0.293 e. The second-order valence-electron chi connectivity index (χ2n) is 9.75. The van der Waals surface area contributed by atoms with Gasteiger partial charge in [-0.05, 0) is 35.2 Å². The first-order chi connectivity index (χ1) is 17.0. The molecule has 0 aliphatic carbocycles. The van der Waals surface area contributed by atoms with Gasteiger partial charge in [0.2, 0.25) is 5.76 Å². The molecule has 0 saturated heterocycles. The molecule has 2 N–H and O–H groups in total. The Morgan fingerprint density at radius 3 is 2.44 bits per heavy atom. The zero-order valence-electron chi connectivity index (χ0n) is 20.4. The Morgan fingerprint density at radius 1 is 1.17 bits per heavy atom. The number of benzene rings is 2. The fraction of sp³-hybridized carbons (Fsp3) is 0.320. The summed E-state index contributed by atoms with van der Waals surface area (Å²) in [5, 5.41) is 4.69. The van der Waals surface area contributed by atoms with Crippen LogP contribution in [0.4, 0.5) is 14.5 Å². The molecule has 2 heterocycles. The third-order valence-corrected chi connectivity index (χ3v) is 8.03. The van der Waals surface area contributed by atoms with Gasteiger partial charge < -0.3 is 19.5 Å². The predicted octanol–water partition coefficient (Wildman–Crippen LogP) is 3.32. The molecule has 0 fully saturated rings. The SMILES string of the molecule is COCc1ccc2c(c1)CCN(C(=O)c1cc(=O)[nH]o1)[C@H]2C(=O)Nc1cc(F)c([Si](C)(C)C)c(F)c1. The molecule has 36 heavy (non-hydrogen) atoms. The number of amides is 2. The molecule has 0 radical (unpaired) electrons. The molecule has 2 aromatic carbocycles. The minimum absolute atomic E-state index is 0.0495. The number of halogens is 2. The number of nitrogens with zero attached hydrogens (tertiary/aromatic N) is 1. The number of aromatic amines is 1. The highest BCUT2D eigenvalue weighted by Gasteiger charge is 2.38. The molecule has 3 aromatic rings. The van der Waals surface area contributed by atoms with Crippen LogP contribution < -0.4 is 16.1 Å². The average molecular weight is 516 g/mol.